The van der Waals surface area contributed by atoms with Crippen LogP contribution in [0.2, 0.25) is 0 Å². The summed E-state index contributed by atoms with van der Waals surface area (Å²) in [5, 5.41) is 2.26. The van der Waals surface area contributed by atoms with E-state index in [0.29, 0.717) is 0 Å². The van der Waals surface area contributed by atoms with Crippen molar-refractivity contribution in [1.29, 1.82) is 0 Å². The lowest BCUT2D eigenvalue weighted by atomic mass is 9.88. The Balaban J connectivity index is 2.67. The van der Waals surface area contributed by atoms with Crippen LogP contribution in [0.3, 0.4) is 0 Å². The Kier molecular flexibility index (Phi) is 5.09. The Morgan fingerprint density at radius 3 is 2.37 bits per heavy atom. The topological polar surface area (TPSA) is 66.5 Å². The number of amides is 4. The molecule has 0 saturated carbocycles. The number of carbonyl (C=O) groups excluding carboxylic acids is 3. The molecule has 5 nitrogen and oxygen atoms in total. The van der Waals surface area contributed by atoms with Crippen LogP contribution in [0.25, 0.3) is 0 Å². The lowest BCUT2D eigenvalue weighted by molar-refractivity contribution is -0.150. The molecule has 1 aliphatic heterocycles. The quantitative estimate of drug-likeness (QED) is 0.594. The summed E-state index contributed by atoms with van der Waals surface area (Å²) in [6.07, 6.45) is 5.19. The predicted molar refractivity (Wildman–Crippen MR) is 72.4 cm³/mol. The summed E-state index contributed by atoms with van der Waals surface area (Å²) in [5.41, 5.74) is -1.16. The van der Waals surface area contributed by atoms with Gasteiger partial charge >= 0.3 is 6.03 Å². The number of rotatable bonds is 6. The number of urea groups is 1. The number of imide groups is 2. The van der Waals surface area contributed by atoms with Crippen LogP contribution in [0.1, 0.15) is 59.8 Å². The van der Waals surface area contributed by atoms with Crippen LogP contribution in [-0.2, 0) is 9.59 Å². The SMILES string of the molecule is CCCCCCC(C)N1C(=O)NC(=O)C(C)(C)C1=O. The molecule has 4 amide bonds. The molecule has 0 spiro atoms. The van der Waals surface area contributed by atoms with Gasteiger partial charge in [-0.2, -0.15) is 0 Å². The molecule has 1 fully saturated rings. The fraction of sp³-hybridized carbons (Fsp3) is 0.786. The van der Waals surface area contributed by atoms with Gasteiger partial charge in [-0.15, -0.1) is 0 Å². The summed E-state index contributed by atoms with van der Waals surface area (Å²) < 4.78 is 0. The van der Waals surface area contributed by atoms with Crippen molar-refractivity contribution in [2.45, 2.75) is 65.8 Å². The number of hydrogen-bond acceptors (Lipinski definition) is 3. The van der Waals surface area contributed by atoms with Gasteiger partial charge in [0, 0.05) is 6.04 Å². The van der Waals surface area contributed by atoms with Gasteiger partial charge in [0.2, 0.25) is 11.8 Å². The van der Waals surface area contributed by atoms with Crippen molar-refractivity contribution in [3.8, 4) is 0 Å². The van der Waals surface area contributed by atoms with E-state index in [2.05, 4.69) is 12.2 Å². The average molecular weight is 268 g/mol. The zero-order valence-corrected chi connectivity index (χ0v) is 12.3. The van der Waals surface area contributed by atoms with Gasteiger partial charge in [-0.1, -0.05) is 32.6 Å². The molecule has 0 aromatic carbocycles. The van der Waals surface area contributed by atoms with E-state index in [0.717, 1.165) is 32.1 Å². The first-order valence-corrected chi connectivity index (χ1v) is 7.01. The molecular formula is C14H24N2O3. The Morgan fingerprint density at radius 2 is 1.79 bits per heavy atom. The summed E-state index contributed by atoms with van der Waals surface area (Å²) in [7, 11) is 0. The molecule has 1 saturated heterocycles. The number of nitrogens with one attached hydrogen (secondary N) is 1. The first kappa shape index (κ1) is 15.7. The predicted octanol–water partition coefficient (Wildman–Crippen LogP) is 2.45. The van der Waals surface area contributed by atoms with Crippen molar-refractivity contribution in [3.05, 3.63) is 0 Å². The second-order valence-electron chi connectivity index (χ2n) is 5.76. The molecule has 0 aliphatic carbocycles. The molecular weight excluding hydrogens is 244 g/mol. The lowest BCUT2D eigenvalue weighted by Crippen LogP contribution is -2.63. The van der Waals surface area contributed by atoms with Crippen LogP contribution in [0, 0.1) is 5.41 Å². The Labute approximate surface area is 114 Å². The molecule has 108 valence electrons. The highest BCUT2D eigenvalue weighted by Crippen LogP contribution is 2.26. The smallest absolute Gasteiger partial charge is 0.277 e. The maximum absolute atomic E-state index is 12.2. The highest BCUT2D eigenvalue weighted by molar-refractivity contribution is 6.18. The number of nitrogens with zero attached hydrogens (tertiary/aromatic N) is 1. The fourth-order valence-electron chi connectivity index (χ4n) is 2.20. The van der Waals surface area contributed by atoms with Crippen LogP contribution in [0.5, 0.6) is 0 Å². The van der Waals surface area contributed by atoms with E-state index in [1.807, 2.05) is 6.92 Å². The van der Waals surface area contributed by atoms with E-state index in [4.69, 9.17) is 0 Å². The molecule has 0 aromatic heterocycles. The van der Waals surface area contributed by atoms with E-state index in [1.54, 1.807) is 13.8 Å². The van der Waals surface area contributed by atoms with Crippen LogP contribution < -0.4 is 5.32 Å². The van der Waals surface area contributed by atoms with E-state index in [9.17, 15) is 14.4 Å². The maximum atomic E-state index is 12.2. The summed E-state index contributed by atoms with van der Waals surface area (Å²) in [6, 6.07) is -0.756. The van der Waals surface area contributed by atoms with Gasteiger partial charge < -0.3 is 0 Å². The molecule has 1 aliphatic rings. The van der Waals surface area contributed by atoms with Crippen molar-refractivity contribution in [2.24, 2.45) is 5.41 Å². The van der Waals surface area contributed by atoms with Gasteiger partial charge in [0.05, 0.1) is 0 Å². The van der Waals surface area contributed by atoms with Gasteiger partial charge in [-0.3, -0.25) is 19.8 Å². The number of carbonyl (C=O) groups is 3. The van der Waals surface area contributed by atoms with E-state index in [1.165, 1.54) is 4.90 Å². The molecule has 1 rings (SSSR count). The normalized spacial score (nSPS) is 20.4. The van der Waals surface area contributed by atoms with Crippen LogP contribution in [-0.4, -0.2) is 28.8 Å². The molecule has 0 bridgehead atoms. The molecule has 0 aromatic rings. The standard InChI is InChI=1S/C14H24N2O3/c1-5-6-7-8-9-10(2)16-12(18)14(3,4)11(17)15-13(16)19/h10H,5-9H2,1-4H3,(H,15,17,19). The van der Waals surface area contributed by atoms with Crippen LogP contribution in [0.15, 0.2) is 0 Å². The third kappa shape index (κ3) is 3.33. The number of barbiturate groups is 1. The van der Waals surface area contributed by atoms with E-state index in [-0.39, 0.29) is 6.04 Å². The van der Waals surface area contributed by atoms with Gasteiger partial charge in [0.25, 0.3) is 0 Å². The monoisotopic (exact) mass is 268 g/mol. The number of hydrogen-bond donors (Lipinski definition) is 1. The van der Waals surface area contributed by atoms with Crippen molar-refractivity contribution in [2.75, 3.05) is 0 Å². The maximum Gasteiger partial charge on any atom is 0.331 e. The number of unbranched alkanes of at least 4 members (excludes halogenated alkanes) is 3. The zero-order valence-electron chi connectivity index (χ0n) is 12.3. The summed E-state index contributed by atoms with van der Waals surface area (Å²) in [6.45, 7) is 7.09. The third-order valence-electron chi connectivity index (χ3n) is 3.68. The molecule has 1 heterocycles. The summed E-state index contributed by atoms with van der Waals surface area (Å²) in [4.78, 5) is 36.9. The van der Waals surface area contributed by atoms with Crippen LogP contribution >= 0.6 is 0 Å². The molecule has 1 N–H and O–H groups in total. The fourth-order valence-corrected chi connectivity index (χ4v) is 2.20. The summed E-state index contributed by atoms with van der Waals surface area (Å²) in [5.74, 6) is -0.916. The van der Waals surface area contributed by atoms with Gasteiger partial charge in [0.15, 0.2) is 0 Å². The summed E-state index contributed by atoms with van der Waals surface area (Å²) >= 11 is 0. The first-order valence-electron chi connectivity index (χ1n) is 7.01. The van der Waals surface area contributed by atoms with Crippen molar-refractivity contribution >= 4 is 17.8 Å². The molecule has 5 heteroatoms. The molecule has 19 heavy (non-hydrogen) atoms. The van der Waals surface area contributed by atoms with Crippen molar-refractivity contribution in [1.82, 2.24) is 10.2 Å². The van der Waals surface area contributed by atoms with Gasteiger partial charge in [-0.25, -0.2) is 4.79 Å². The van der Waals surface area contributed by atoms with Gasteiger partial charge in [-0.05, 0) is 27.2 Å². The minimum atomic E-state index is -1.16. The lowest BCUT2D eigenvalue weighted by Gasteiger charge is -2.37. The largest absolute Gasteiger partial charge is 0.331 e. The van der Waals surface area contributed by atoms with E-state index < -0.39 is 23.3 Å². The first-order chi connectivity index (χ1) is 8.82. The Hall–Kier alpha value is -1.39. The second-order valence-corrected chi connectivity index (χ2v) is 5.76. The Bertz CT molecular complexity index is 377. The van der Waals surface area contributed by atoms with Gasteiger partial charge in [0.1, 0.15) is 5.41 Å². The zero-order chi connectivity index (χ0) is 14.6. The average Bonchev–Trinajstić information content (AvgIpc) is 2.33. The highest BCUT2D eigenvalue weighted by atomic mass is 16.2. The highest BCUT2D eigenvalue weighted by Gasteiger charge is 2.48. The van der Waals surface area contributed by atoms with Crippen molar-refractivity contribution < 1.29 is 14.4 Å². The third-order valence-corrected chi connectivity index (χ3v) is 3.68. The molecule has 1 unspecified atom stereocenters. The second kappa shape index (κ2) is 6.17. The molecule has 0 radical (unpaired) electrons. The molecule has 1 atom stereocenters. The van der Waals surface area contributed by atoms with E-state index >= 15 is 0 Å². The minimum Gasteiger partial charge on any atom is -0.277 e. The van der Waals surface area contributed by atoms with Crippen LogP contribution in [0.4, 0.5) is 4.79 Å². The minimum absolute atomic E-state index is 0.170. The Morgan fingerprint density at radius 1 is 1.16 bits per heavy atom. The van der Waals surface area contributed by atoms with Crippen molar-refractivity contribution in [3.63, 3.8) is 0 Å².